The maximum atomic E-state index is 12.9. The zero-order valence-corrected chi connectivity index (χ0v) is 24.8. The molecule has 2 aromatic carbocycles. The lowest BCUT2D eigenvalue weighted by Crippen LogP contribution is -2.49. The molecule has 0 aromatic heterocycles. The third kappa shape index (κ3) is 10.3. The topological polar surface area (TPSA) is 124 Å². The van der Waals surface area contributed by atoms with Crippen molar-refractivity contribution in [1.82, 2.24) is 10.2 Å². The standard InChI is InChI=1S/C33H46N2O6/c1-4-6-7-8-9-10-11-12-13-14-22-34-29(36)27-17-15-16-25(23-27)24-35(30(37)32(40)41)33(3,5-2)28-20-18-26(19-21-28)31(38)39/h15-21,23H,4-14,22,24H2,1-3H3,(H,34,36)(H,38,39)(H,40,41). The number of rotatable bonds is 18. The summed E-state index contributed by atoms with van der Waals surface area (Å²) >= 11 is 0. The summed E-state index contributed by atoms with van der Waals surface area (Å²) in [6, 6.07) is 12.9. The number of aliphatic carboxylic acids is 1. The monoisotopic (exact) mass is 566 g/mol. The van der Waals surface area contributed by atoms with Gasteiger partial charge in [0.05, 0.1) is 11.1 Å². The van der Waals surface area contributed by atoms with Crippen molar-refractivity contribution in [3.63, 3.8) is 0 Å². The zero-order chi connectivity index (χ0) is 30.3. The molecule has 2 amide bonds. The first-order chi connectivity index (χ1) is 19.6. The molecule has 0 radical (unpaired) electrons. The number of amides is 2. The van der Waals surface area contributed by atoms with E-state index in [1.165, 1.54) is 68.4 Å². The van der Waals surface area contributed by atoms with Crippen molar-refractivity contribution in [2.75, 3.05) is 6.54 Å². The highest BCUT2D eigenvalue weighted by Gasteiger charge is 2.38. The average Bonchev–Trinajstić information content (AvgIpc) is 2.98. The number of unbranched alkanes of at least 4 members (excludes halogenated alkanes) is 9. The maximum Gasteiger partial charge on any atom is 0.394 e. The van der Waals surface area contributed by atoms with E-state index >= 15 is 0 Å². The summed E-state index contributed by atoms with van der Waals surface area (Å²) < 4.78 is 0. The van der Waals surface area contributed by atoms with Gasteiger partial charge in [-0.15, -0.1) is 0 Å². The summed E-state index contributed by atoms with van der Waals surface area (Å²) in [4.78, 5) is 50.1. The van der Waals surface area contributed by atoms with Crippen LogP contribution in [0.3, 0.4) is 0 Å². The fourth-order valence-electron chi connectivity index (χ4n) is 5.02. The van der Waals surface area contributed by atoms with E-state index < -0.39 is 23.4 Å². The molecule has 0 saturated heterocycles. The highest BCUT2D eigenvalue weighted by molar-refractivity contribution is 6.31. The van der Waals surface area contributed by atoms with Crippen LogP contribution in [0, 0.1) is 0 Å². The molecular formula is C33H46N2O6. The second-order valence-electron chi connectivity index (χ2n) is 10.8. The van der Waals surface area contributed by atoms with E-state index in [0.717, 1.165) is 12.8 Å². The van der Waals surface area contributed by atoms with Crippen LogP contribution >= 0.6 is 0 Å². The Hall–Kier alpha value is -3.68. The molecular weight excluding hydrogens is 520 g/mol. The van der Waals surface area contributed by atoms with E-state index in [4.69, 9.17) is 0 Å². The number of nitrogens with zero attached hydrogens (tertiary/aromatic N) is 1. The lowest BCUT2D eigenvalue weighted by molar-refractivity contribution is -0.160. The van der Waals surface area contributed by atoms with Crippen molar-refractivity contribution >= 4 is 23.8 Å². The molecule has 0 fully saturated rings. The van der Waals surface area contributed by atoms with Crippen LogP contribution in [0.2, 0.25) is 0 Å². The summed E-state index contributed by atoms with van der Waals surface area (Å²) in [5.74, 6) is -3.94. The number of carboxylic acid groups (broad SMARTS) is 2. The van der Waals surface area contributed by atoms with Crippen molar-refractivity contribution in [3.8, 4) is 0 Å². The van der Waals surface area contributed by atoms with Crippen LogP contribution in [0.15, 0.2) is 48.5 Å². The number of hydrogen-bond donors (Lipinski definition) is 3. The Bertz CT molecular complexity index is 1150. The van der Waals surface area contributed by atoms with Gasteiger partial charge in [0.25, 0.3) is 5.91 Å². The Labute approximate surface area is 244 Å². The second-order valence-corrected chi connectivity index (χ2v) is 10.8. The minimum atomic E-state index is -1.59. The molecule has 0 saturated carbocycles. The molecule has 0 heterocycles. The van der Waals surface area contributed by atoms with Gasteiger partial charge in [-0.2, -0.15) is 0 Å². The second kappa shape index (κ2) is 17.2. The fraction of sp³-hybridized carbons (Fsp3) is 0.515. The summed E-state index contributed by atoms with van der Waals surface area (Å²) in [7, 11) is 0. The lowest BCUT2D eigenvalue weighted by atomic mass is 9.86. The first-order valence-electron chi connectivity index (χ1n) is 14.9. The minimum absolute atomic E-state index is 0.0320. The van der Waals surface area contributed by atoms with Crippen molar-refractivity contribution in [1.29, 1.82) is 0 Å². The number of nitrogens with one attached hydrogen (secondary N) is 1. The van der Waals surface area contributed by atoms with E-state index in [1.54, 1.807) is 43.3 Å². The summed E-state index contributed by atoms with van der Waals surface area (Å²) in [6.07, 6.45) is 12.6. The molecule has 8 nitrogen and oxygen atoms in total. The number of benzene rings is 2. The van der Waals surface area contributed by atoms with E-state index in [0.29, 0.717) is 29.7 Å². The molecule has 1 atom stereocenters. The Morgan fingerprint density at radius 2 is 1.37 bits per heavy atom. The first kappa shape index (κ1) is 33.5. The van der Waals surface area contributed by atoms with Gasteiger partial charge < -0.3 is 20.4 Å². The quantitative estimate of drug-likeness (QED) is 0.135. The van der Waals surface area contributed by atoms with Crippen LogP contribution in [0.1, 0.15) is 123 Å². The van der Waals surface area contributed by atoms with Crippen molar-refractivity contribution in [2.24, 2.45) is 0 Å². The molecule has 1 unspecified atom stereocenters. The molecule has 0 spiro atoms. The molecule has 0 aliphatic rings. The molecule has 2 rings (SSSR count). The fourth-order valence-corrected chi connectivity index (χ4v) is 5.02. The normalized spacial score (nSPS) is 12.4. The number of carboxylic acids is 2. The molecule has 41 heavy (non-hydrogen) atoms. The summed E-state index contributed by atoms with van der Waals surface area (Å²) in [5.41, 5.74) is 0.749. The Morgan fingerprint density at radius 1 is 0.780 bits per heavy atom. The highest BCUT2D eigenvalue weighted by atomic mass is 16.4. The molecule has 8 heteroatoms. The van der Waals surface area contributed by atoms with Gasteiger partial charge in [0.15, 0.2) is 0 Å². The molecule has 3 N–H and O–H groups in total. The van der Waals surface area contributed by atoms with Crippen molar-refractivity contribution in [3.05, 3.63) is 70.8 Å². The van der Waals surface area contributed by atoms with E-state index in [2.05, 4.69) is 12.2 Å². The maximum absolute atomic E-state index is 12.9. The van der Waals surface area contributed by atoms with Crippen LogP contribution in [0.4, 0.5) is 0 Å². The lowest BCUT2D eigenvalue weighted by Gasteiger charge is -2.40. The summed E-state index contributed by atoms with van der Waals surface area (Å²) in [5, 5.41) is 21.8. The largest absolute Gasteiger partial charge is 0.478 e. The van der Waals surface area contributed by atoms with Crippen LogP contribution in [-0.4, -0.2) is 45.4 Å². The minimum Gasteiger partial charge on any atom is -0.478 e. The van der Waals surface area contributed by atoms with Gasteiger partial charge in [0, 0.05) is 18.7 Å². The molecule has 2 aromatic rings. The van der Waals surface area contributed by atoms with Crippen molar-refractivity contribution < 1.29 is 29.4 Å². The third-order valence-corrected chi connectivity index (χ3v) is 7.81. The van der Waals surface area contributed by atoms with Gasteiger partial charge >= 0.3 is 17.8 Å². The van der Waals surface area contributed by atoms with Crippen LogP contribution in [0.5, 0.6) is 0 Å². The number of hydrogen-bond acceptors (Lipinski definition) is 4. The molecule has 224 valence electrons. The van der Waals surface area contributed by atoms with Crippen LogP contribution < -0.4 is 5.32 Å². The van der Waals surface area contributed by atoms with Crippen LogP contribution in [0.25, 0.3) is 0 Å². The van der Waals surface area contributed by atoms with Gasteiger partial charge in [-0.1, -0.05) is 95.9 Å². The number of carbonyl (C=O) groups excluding carboxylic acids is 2. The Kier molecular flexibility index (Phi) is 14.1. The molecule has 0 aliphatic carbocycles. The SMILES string of the molecule is CCCCCCCCCCCCNC(=O)c1cccc(CN(C(=O)C(=O)O)C(C)(CC)c2ccc(C(=O)O)cc2)c1. The van der Waals surface area contributed by atoms with Gasteiger partial charge in [-0.05, 0) is 55.2 Å². The number of carbonyl (C=O) groups is 4. The Balaban J connectivity index is 2.01. The molecule has 0 bridgehead atoms. The molecule has 0 aliphatic heterocycles. The van der Waals surface area contributed by atoms with Gasteiger partial charge in [-0.25, -0.2) is 9.59 Å². The van der Waals surface area contributed by atoms with Crippen LogP contribution in [-0.2, 0) is 21.7 Å². The highest BCUT2D eigenvalue weighted by Crippen LogP contribution is 2.34. The van der Waals surface area contributed by atoms with Gasteiger partial charge in [-0.3, -0.25) is 9.59 Å². The average molecular weight is 567 g/mol. The predicted molar refractivity (Wildman–Crippen MR) is 160 cm³/mol. The predicted octanol–water partition coefficient (Wildman–Crippen LogP) is 6.77. The van der Waals surface area contributed by atoms with Gasteiger partial charge in [0.1, 0.15) is 0 Å². The van der Waals surface area contributed by atoms with E-state index in [-0.39, 0.29) is 18.0 Å². The van der Waals surface area contributed by atoms with Crippen molar-refractivity contribution in [2.45, 2.75) is 103 Å². The number of aromatic carboxylic acids is 1. The van der Waals surface area contributed by atoms with E-state index in [1.807, 2.05) is 6.92 Å². The first-order valence-corrected chi connectivity index (χ1v) is 14.9. The third-order valence-electron chi connectivity index (χ3n) is 7.81. The van der Waals surface area contributed by atoms with Gasteiger partial charge in [0.2, 0.25) is 0 Å². The summed E-state index contributed by atoms with van der Waals surface area (Å²) in [6.45, 7) is 6.38. The van der Waals surface area contributed by atoms with E-state index in [9.17, 15) is 29.4 Å². The zero-order valence-electron chi connectivity index (χ0n) is 24.8. The smallest absolute Gasteiger partial charge is 0.394 e. The Morgan fingerprint density at radius 3 is 1.90 bits per heavy atom.